The fraction of sp³-hybridized carbons (Fsp3) is 0.565. The predicted octanol–water partition coefficient (Wildman–Crippen LogP) is 4.73. The van der Waals surface area contributed by atoms with Gasteiger partial charge in [-0.15, -0.1) is 0 Å². The van der Waals surface area contributed by atoms with E-state index in [9.17, 15) is 9.90 Å². The monoisotopic (exact) mass is 385 g/mol. The number of likely N-dealkylation sites (N-methyl/N-ethyl adjacent to an activating group) is 1. The van der Waals surface area contributed by atoms with E-state index < -0.39 is 5.41 Å². The lowest BCUT2D eigenvalue weighted by Gasteiger charge is -2.38. The zero-order valence-electron chi connectivity index (χ0n) is 18.5. The second kappa shape index (κ2) is 8.80. The largest absolute Gasteiger partial charge is 0.515 e. The van der Waals surface area contributed by atoms with Gasteiger partial charge in [0.15, 0.2) is 0 Å². The van der Waals surface area contributed by atoms with E-state index in [0.717, 1.165) is 30.4 Å². The minimum atomic E-state index is -0.422. The van der Waals surface area contributed by atoms with E-state index in [-0.39, 0.29) is 5.91 Å². The molecule has 154 valence electrons. The molecule has 1 heterocycles. The van der Waals surface area contributed by atoms with Crippen LogP contribution in [0.2, 0.25) is 0 Å². The minimum absolute atomic E-state index is 0.195. The summed E-state index contributed by atoms with van der Waals surface area (Å²) in [6, 6.07) is 0. The molecule has 5 heteroatoms. The molecule has 1 aromatic rings. The first-order chi connectivity index (χ1) is 13.1. The van der Waals surface area contributed by atoms with Gasteiger partial charge in [0.05, 0.1) is 17.9 Å². The van der Waals surface area contributed by atoms with Crippen LogP contribution in [0.1, 0.15) is 59.4 Å². The Morgan fingerprint density at radius 2 is 2.00 bits per heavy atom. The summed E-state index contributed by atoms with van der Waals surface area (Å²) in [5, 5.41) is 13.7. The SMILES string of the molecule is CC(C)=C(C)C1=C(/C(C)=C/O)CCC(C)(C(=O)N(C)CCc2cnn(C)c2)C1. The number of hydrogen-bond acceptors (Lipinski definition) is 3. The Labute approximate surface area is 169 Å². The van der Waals surface area contributed by atoms with Crippen molar-refractivity contribution in [2.45, 2.75) is 60.3 Å². The number of rotatable bonds is 6. The van der Waals surface area contributed by atoms with Crippen molar-refractivity contribution < 1.29 is 9.90 Å². The molecule has 1 amide bonds. The van der Waals surface area contributed by atoms with Crippen molar-refractivity contribution in [2.75, 3.05) is 13.6 Å². The van der Waals surface area contributed by atoms with Crippen molar-refractivity contribution in [2.24, 2.45) is 12.5 Å². The molecule has 0 aromatic carbocycles. The van der Waals surface area contributed by atoms with Crippen molar-refractivity contribution in [3.8, 4) is 0 Å². The number of aliphatic hydroxyl groups excluding tert-OH is 1. The summed E-state index contributed by atoms with van der Waals surface area (Å²) in [6.07, 6.45) is 8.16. The van der Waals surface area contributed by atoms with Gasteiger partial charge in [0.1, 0.15) is 0 Å². The van der Waals surface area contributed by atoms with Crippen molar-refractivity contribution in [1.29, 1.82) is 0 Å². The fourth-order valence-corrected chi connectivity index (χ4v) is 3.95. The van der Waals surface area contributed by atoms with Gasteiger partial charge in [-0.25, -0.2) is 0 Å². The van der Waals surface area contributed by atoms with Gasteiger partial charge >= 0.3 is 0 Å². The summed E-state index contributed by atoms with van der Waals surface area (Å²) in [6.45, 7) is 11.0. The molecule has 5 nitrogen and oxygen atoms in total. The maximum Gasteiger partial charge on any atom is 0.228 e. The number of nitrogens with zero attached hydrogens (tertiary/aromatic N) is 3. The first kappa shape index (κ1) is 22.0. The van der Waals surface area contributed by atoms with Gasteiger partial charge in [0.25, 0.3) is 0 Å². The lowest BCUT2D eigenvalue weighted by Crippen LogP contribution is -2.43. The summed E-state index contributed by atoms with van der Waals surface area (Å²) in [7, 11) is 3.80. The second-order valence-corrected chi connectivity index (χ2v) is 8.63. The number of aliphatic hydroxyl groups is 1. The zero-order chi connectivity index (χ0) is 21.1. The second-order valence-electron chi connectivity index (χ2n) is 8.63. The van der Waals surface area contributed by atoms with Gasteiger partial charge in [-0.3, -0.25) is 9.48 Å². The van der Waals surface area contributed by atoms with Crippen molar-refractivity contribution >= 4 is 5.91 Å². The normalized spacial score (nSPS) is 20.3. The summed E-state index contributed by atoms with van der Waals surface area (Å²) in [5.41, 5.74) is 6.50. The topological polar surface area (TPSA) is 58.4 Å². The van der Waals surface area contributed by atoms with Crippen LogP contribution < -0.4 is 0 Å². The predicted molar refractivity (Wildman–Crippen MR) is 114 cm³/mol. The number of carbonyl (C=O) groups excluding carboxylic acids is 1. The molecule has 0 radical (unpaired) electrons. The lowest BCUT2D eigenvalue weighted by atomic mass is 9.69. The van der Waals surface area contributed by atoms with E-state index in [1.54, 1.807) is 4.68 Å². The highest BCUT2D eigenvalue weighted by Crippen LogP contribution is 2.45. The third-order valence-corrected chi connectivity index (χ3v) is 6.09. The van der Waals surface area contributed by atoms with Gasteiger partial charge in [0.2, 0.25) is 5.91 Å². The molecule has 1 N–H and O–H groups in total. The molecule has 0 aliphatic heterocycles. The van der Waals surface area contributed by atoms with E-state index in [1.807, 2.05) is 38.3 Å². The molecule has 2 rings (SSSR count). The zero-order valence-corrected chi connectivity index (χ0v) is 18.5. The number of amides is 1. The number of hydrogen-bond donors (Lipinski definition) is 1. The molecule has 0 saturated carbocycles. The maximum absolute atomic E-state index is 13.3. The van der Waals surface area contributed by atoms with Crippen LogP contribution in [0.5, 0.6) is 0 Å². The summed E-state index contributed by atoms with van der Waals surface area (Å²) >= 11 is 0. The molecular formula is C23H35N3O2. The molecule has 1 atom stereocenters. The standard InChI is InChI=1S/C23H35N3O2/c1-16(2)18(4)21-12-23(5,10-8-20(21)17(3)15-27)22(28)25(6)11-9-19-13-24-26(7)14-19/h13-15,27H,8-12H2,1-7H3/b17-15+. The first-order valence-corrected chi connectivity index (χ1v) is 10.00. The van der Waals surface area contributed by atoms with E-state index in [4.69, 9.17) is 0 Å². The van der Waals surface area contributed by atoms with Gasteiger partial charge in [-0.05, 0) is 81.2 Å². The highest BCUT2D eigenvalue weighted by Gasteiger charge is 2.40. The van der Waals surface area contributed by atoms with E-state index in [1.165, 1.54) is 28.6 Å². The Kier molecular flexibility index (Phi) is 6.91. The third kappa shape index (κ3) is 4.75. The highest BCUT2D eigenvalue weighted by molar-refractivity contribution is 5.83. The van der Waals surface area contributed by atoms with Crippen LogP contribution in [-0.2, 0) is 18.3 Å². The van der Waals surface area contributed by atoms with Gasteiger partial charge < -0.3 is 10.0 Å². The highest BCUT2D eigenvalue weighted by atomic mass is 16.2. The maximum atomic E-state index is 13.3. The average molecular weight is 386 g/mol. The third-order valence-electron chi connectivity index (χ3n) is 6.09. The van der Waals surface area contributed by atoms with Crippen LogP contribution in [0.25, 0.3) is 0 Å². The van der Waals surface area contributed by atoms with E-state index in [0.29, 0.717) is 13.0 Å². The van der Waals surface area contributed by atoms with E-state index in [2.05, 4.69) is 32.8 Å². The van der Waals surface area contributed by atoms with Gasteiger partial charge in [0, 0.05) is 26.8 Å². The van der Waals surface area contributed by atoms with Crippen molar-refractivity contribution in [3.05, 3.63) is 52.1 Å². The Morgan fingerprint density at radius 3 is 2.54 bits per heavy atom. The van der Waals surface area contributed by atoms with Crippen LogP contribution in [0.3, 0.4) is 0 Å². The minimum Gasteiger partial charge on any atom is -0.515 e. The number of carbonyl (C=O) groups is 1. The molecule has 0 bridgehead atoms. The lowest BCUT2D eigenvalue weighted by molar-refractivity contribution is -0.140. The molecule has 1 unspecified atom stereocenters. The molecule has 0 spiro atoms. The molecule has 1 aromatic heterocycles. The van der Waals surface area contributed by atoms with Crippen LogP contribution in [0.4, 0.5) is 0 Å². The Hall–Kier alpha value is -2.30. The molecule has 1 aliphatic rings. The summed E-state index contributed by atoms with van der Waals surface area (Å²) < 4.78 is 1.79. The van der Waals surface area contributed by atoms with Crippen LogP contribution in [-0.4, -0.2) is 39.3 Å². The number of aryl methyl sites for hydroxylation is 1. The molecular weight excluding hydrogens is 350 g/mol. The number of aromatic nitrogens is 2. The summed E-state index contributed by atoms with van der Waals surface area (Å²) in [5.74, 6) is 0.195. The Bertz CT molecular complexity index is 825. The molecule has 0 saturated heterocycles. The summed E-state index contributed by atoms with van der Waals surface area (Å²) in [4.78, 5) is 15.2. The van der Waals surface area contributed by atoms with Crippen LogP contribution in [0, 0.1) is 5.41 Å². The molecule has 0 fully saturated rings. The van der Waals surface area contributed by atoms with E-state index >= 15 is 0 Å². The number of allylic oxidation sites excluding steroid dienone is 5. The van der Waals surface area contributed by atoms with Gasteiger partial charge in [-0.2, -0.15) is 5.10 Å². The van der Waals surface area contributed by atoms with Crippen molar-refractivity contribution in [1.82, 2.24) is 14.7 Å². The Balaban J connectivity index is 2.21. The van der Waals surface area contributed by atoms with Crippen molar-refractivity contribution in [3.63, 3.8) is 0 Å². The van der Waals surface area contributed by atoms with Gasteiger partial charge in [-0.1, -0.05) is 12.5 Å². The quantitative estimate of drug-likeness (QED) is 0.721. The average Bonchev–Trinajstić information content (AvgIpc) is 3.09. The van der Waals surface area contributed by atoms with Crippen LogP contribution in [0.15, 0.2) is 46.5 Å². The smallest absolute Gasteiger partial charge is 0.228 e. The molecule has 28 heavy (non-hydrogen) atoms. The van der Waals surface area contributed by atoms with Crippen LogP contribution >= 0.6 is 0 Å². The Morgan fingerprint density at radius 1 is 1.32 bits per heavy atom. The first-order valence-electron chi connectivity index (χ1n) is 10.00. The molecule has 1 aliphatic carbocycles. The fourth-order valence-electron chi connectivity index (χ4n) is 3.95.